The third-order valence-electron chi connectivity index (χ3n) is 5.66. The Bertz CT molecular complexity index is 1300. The number of aromatic nitrogens is 9. The van der Waals surface area contributed by atoms with Crippen LogP contribution in [0.1, 0.15) is 33.6 Å². The van der Waals surface area contributed by atoms with E-state index in [4.69, 9.17) is 0 Å². The molecule has 198 valence electrons. The molecule has 0 bridgehead atoms. The maximum absolute atomic E-state index is 4.65. The first-order valence-electron chi connectivity index (χ1n) is 12.3. The van der Waals surface area contributed by atoms with E-state index in [0.29, 0.717) is 13.1 Å². The average molecular weight is 695 g/mol. The van der Waals surface area contributed by atoms with Crippen molar-refractivity contribution in [1.82, 2.24) is 43.6 Å². The van der Waals surface area contributed by atoms with Gasteiger partial charge < -0.3 is 19.1 Å². The SMILES string of the molecule is Cc1cc(Cn2[c-]ncc2)nc(Cn2[c-]ncc2)c1.Cc1cc(Cn2cccn2)[c-]c(Cn2cccn2)c1.[Ir+3]. The van der Waals surface area contributed by atoms with Gasteiger partial charge in [-0.3, -0.25) is 14.3 Å². The number of imidazole rings is 2. The molecule has 0 atom stereocenters. The van der Waals surface area contributed by atoms with Crippen LogP contribution in [0, 0.1) is 32.6 Å². The van der Waals surface area contributed by atoms with Gasteiger partial charge in [-0.1, -0.05) is 6.92 Å². The van der Waals surface area contributed by atoms with Gasteiger partial charge in [-0.2, -0.15) is 34.0 Å². The van der Waals surface area contributed by atoms with E-state index in [1.54, 1.807) is 24.8 Å². The third kappa shape index (κ3) is 8.43. The van der Waals surface area contributed by atoms with Crippen molar-refractivity contribution < 1.29 is 20.1 Å². The second-order valence-electron chi connectivity index (χ2n) is 9.05. The monoisotopic (exact) mass is 695 g/mol. The number of pyridine rings is 1. The van der Waals surface area contributed by atoms with Gasteiger partial charge in [0.1, 0.15) is 0 Å². The fourth-order valence-corrected chi connectivity index (χ4v) is 4.19. The number of benzene rings is 1. The molecule has 0 N–H and O–H groups in total. The van der Waals surface area contributed by atoms with Crippen molar-refractivity contribution in [3.63, 3.8) is 0 Å². The Morgan fingerprint density at radius 2 is 1.10 bits per heavy atom. The normalized spacial score (nSPS) is 10.5. The van der Waals surface area contributed by atoms with Crippen molar-refractivity contribution >= 4 is 0 Å². The van der Waals surface area contributed by atoms with Crippen LogP contribution in [-0.4, -0.2) is 43.6 Å². The summed E-state index contributed by atoms with van der Waals surface area (Å²) in [6.45, 7) is 7.04. The van der Waals surface area contributed by atoms with E-state index in [9.17, 15) is 0 Å². The first kappa shape index (κ1) is 27.9. The largest absolute Gasteiger partial charge is 3.00 e. The van der Waals surface area contributed by atoms with Crippen molar-refractivity contribution in [3.05, 3.63) is 138 Å². The molecule has 5 heterocycles. The molecule has 0 radical (unpaired) electrons. The summed E-state index contributed by atoms with van der Waals surface area (Å²) in [5.74, 6) is 0. The molecular weight excluding hydrogens is 667 g/mol. The maximum Gasteiger partial charge on any atom is 3.00 e. The quantitative estimate of drug-likeness (QED) is 0.227. The molecule has 0 aliphatic carbocycles. The molecule has 5 aromatic heterocycles. The van der Waals surface area contributed by atoms with Crippen LogP contribution in [0.25, 0.3) is 0 Å². The number of aryl methyl sites for hydroxylation is 2. The van der Waals surface area contributed by atoms with Gasteiger partial charge in [0.25, 0.3) is 0 Å². The van der Waals surface area contributed by atoms with Crippen molar-refractivity contribution in [2.75, 3.05) is 0 Å². The summed E-state index contributed by atoms with van der Waals surface area (Å²) < 4.78 is 7.58. The standard InChI is InChI=1S/C15H15N4.C14H13N5.Ir/c1-13-8-14(11-18-6-2-4-16-18)10-15(9-13)12-19-7-3-5-17-19;1-12-6-13(8-18-4-2-15-10-18)17-14(7-12)9-19-5-3-16-11-19;/h2-9H,11-12H2,1H3;2-7H,8-9H2,1H3;/q-1;-2;+3. The van der Waals surface area contributed by atoms with Gasteiger partial charge in [0.15, 0.2) is 0 Å². The Balaban J connectivity index is 0.000000176. The minimum atomic E-state index is 0. The molecule has 0 unspecified atom stereocenters. The number of hydrogen-bond donors (Lipinski definition) is 0. The van der Waals surface area contributed by atoms with Crippen LogP contribution in [0.15, 0.2) is 86.0 Å². The van der Waals surface area contributed by atoms with Gasteiger partial charge in [0, 0.05) is 63.6 Å². The van der Waals surface area contributed by atoms with Crippen LogP contribution in [0.2, 0.25) is 0 Å². The van der Waals surface area contributed by atoms with Gasteiger partial charge in [-0.05, 0) is 36.8 Å². The predicted molar refractivity (Wildman–Crippen MR) is 142 cm³/mol. The van der Waals surface area contributed by atoms with Crippen molar-refractivity contribution in [2.45, 2.75) is 40.0 Å². The van der Waals surface area contributed by atoms with Gasteiger partial charge in [-0.15, -0.1) is 35.9 Å². The summed E-state index contributed by atoms with van der Waals surface area (Å²) in [6, 6.07) is 15.8. The Hall–Kier alpha value is -4.14. The minimum absolute atomic E-state index is 0. The first-order chi connectivity index (χ1) is 18.6. The summed E-state index contributed by atoms with van der Waals surface area (Å²) in [5, 5.41) is 8.45. The van der Waals surface area contributed by atoms with Gasteiger partial charge in [0.05, 0.1) is 11.4 Å². The summed E-state index contributed by atoms with van der Waals surface area (Å²) in [7, 11) is 0. The first-order valence-corrected chi connectivity index (χ1v) is 12.3. The van der Waals surface area contributed by atoms with Crippen molar-refractivity contribution in [1.29, 1.82) is 0 Å². The zero-order valence-corrected chi connectivity index (χ0v) is 24.2. The summed E-state index contributed by atoms with van der Waals surface area (Å²) in [5.41, 5.74) is 6.73. The molecule has 0 spiro atoms. The van der Waals surface area contributed by atoms with Gasteiger partial charge >= 0.3 is 20.1 Å². The molecule has 6 rings (SSSR count). The fourth-order valence-electron chi connectivity index (χ4n) is 4.19. The minimum Gasteiger partial charge on any atom is -0.449 e. The molecule has 6 aromatic rings. The second kappa shape index (κ2) is 13.6. The summed E-state index contributed by atoms with van der Waals surface area (Å²) in [6.07, 6.45) is 20.5. The Morgan fingerprint density at radius 3 is 1.51 bits per heavy atom. The Morgan fingerprint density at radius 1 is 0.615 bits per heavy atom. The number of nitrogens with zero attached hydrogens (tertiary/aromatic N) is 9. The molecule has 9 nitrogen and oxygen atoms in total. The number of hydrogen-bond acceptors (Lipinski definition) is 5. The third-order valence-corrected chi connectivity index (χ3v) is 5.66. The topological polar surface area (TPSA) is 84.2 Å². The zero-order chi connectivity index (χ0) is 26.2. The van der Waals surface area contributed by atoms with Crippen LogP contribution in [0.3, 0.4) is 0 Å². The molecule has 1 aromatic carbocycles. The molecule has 0 aliphatic rings. The fraction of sp³-hybridized carbons (Fsp3) is 0.207. The van der Waals surface area contributed by atoms with Crippen LogP contribution in [0.4, 0.5) is 0 Å². The zero-order valence-electron chi connectivity index (χ0n) is 21.8. The van der Waals surface area contributed by atoms with E-state index < -0.39 is 0 Å². The molecule has 0 saturated carbocycles. The van der Waals surface area contributed by atoms with Crippen LogP contribution >= 0.6 is 0 Å². The molecule has 0 amide bonds. The van der Waals surface area contributed by atoms with Crippen LogP contribution in [0.5, 0.6) is 0 Å². The van der Waals surface area contributed by atoms with Crippen molar-refractivity contribution in [2.24, 2.45) is 0 Å². The smallest absolute Gasteiger partial charge is 0.449 e. The summed E-state index contributed by atoms with van der Waals surface area (Å²) >= 11 is 0. The predicted octanol–water partition coefficient (Wildman–Crippen LogP) is 3.76. The van der Waals surface area contributed by atoms with E-state index in [1.807, 2.05) is 55.4 Å². The van der Waals surface area contributed by atoms with Gasteiger partial charge in [-0.25, -0.2) is 0 Å². The molecule has 0 aliphatic heterocycles. The molecule has 39 heavy (non-hydrogen) atoms. The molecule has 0 saturated heterocycles. The average Bonchev–Trinajstić information content (AvgIpc) is 3.69. The van der Waals surface area contributed by atoms with E-state index in [0.717, 1.165) is 35.6 Å². The van der Waals surface area contributed by atoms with Gasteiger partial charge in [0.2, 0.25) is 0 Å². The summed E-state index contributed by atoms with van der Waals surface area (Å²) in [4.78, 5) is 12.5. The second-order valence-corrected chi connectivity index (χ2v) is 9.05. The van der Waals surface area contributed by atoms with Crippen LogP contribution < -0.4 is 0 Å². The Labute approximate surface area is 241 Å². The molecule has 0 fully saturated rings. The van der Waals surface area contributed by atoms with E-state index in [-0.39, 0.29) is 20.1 Å². The molecule has 10 heteroatoms. The number of rotatable bonds is 8. The van der Waals surface area contributed by atoms with E-state index in [1.165, 1.54) is 11.1 Å². The molecular formula is C29H28IrN9. The van der Waals surface area contributed by atoms with Crippen LogP contribution in [-0.2, 0) is 46.3 Å². The van der Waals surface area contributed by atoms with Crippen molar-refractivity contribution in [3.8, 4) is 0 Å². The maximum atomic E-state index is 4.65. The van der Waals surface area contributed by atoms with E-state index >= 15 is 0 Å². The Kier molecular flexibility index (Phi) is 9.72. The van der Waals surface area contributed by atoms with E-state index in [2.05, 4.69) is 82.0 Å².